The Bertz CT molecular complexity index is 467. The maximum Gasteiger partial charge on any atom is 0.256 e. The molecule has 2 N–H and O–H groups in total. The first-order chi connectivity index (χ1) is 9.61. The average Bonchev–Trinajstić information content (AvgIpc) is 2.86. The Morgan fingerprint density at radius 1 is 1.50 bits per heavy atom. The zero-order valence-electron chi connectivity index (χ0n) is 11.7. The Morgan fingerprint density at radius 2 is 2.30 bits per heavy atom. The SMILES string of the molecule is CC1CCC(C(=O)N(CCCN)c2cccc(F)c2)O1. The van der Waals surface area contributed by atoms with E-state index >= 15 is 0 Å². The minimum absolute atomic E-state index is 0.103. The van der Waals surface area contributed by atoms with Gasteiger partial charge in [0.1, 0.15) is 11.9 Å². The zero-order valence-corrected chi connectivity index (χ0v) is 11.7. The van der Waals surface area contributed by atoms with Crippen LogP contribution in [-0.4, -0.2) is 31.2 Å². The molecular weight excluding hydrogens is 259 g/mol. The van der Waals surface area contributed by atoms with Crippen molar-refractivity contribution in [3.63, 3.8) is 0 Å². The Kier molecular flexibility index (Phi) is 5.09. The van der Waals surface area contributed by atoms with E-state index in [0.717, 1.165) is 6.42 Å². The Labute approximate surface area is 118 Å². The molecule has 1 aliphatic heterocycles. The third-order valence-corrected chi connectivity index (χ3v) is 3.48. The van der Waals surface area contributed by atoms with Gasteiger partial charge in [0, 0.05) is 12.2 Å². The van der Waals surface area contributed by atoms with Crippen molar-refractivity contribution in [2.24, 2.45) is 5.73 Å². The molecule has 2 atom stereocenters. The fraction of sp³-hybridized carbons (Fsp3) is 0.533. The first kappa shape index (κ1) is 14.9. The van der Waals surface area contributed by atoms with Gasteiger partial charge in [-0.3, -0.25) is 4.79 Å². The summed E-state index contributed by atoms with van der Waals surface area (Å²) in [4.78, 5) is 14.1. The molecule has 1 fully saturated rings. The van der Waals surface area contributed by atoms with Gasteiger partial charge in [0.15, 0.2) is 0 Å². The van der Waals surface area contributed by atoms with Crippen LogP contribution in [0.3, 0.4) is 0 Å². The predicted molar refractivity (Wildman–Crippen MR) is 76.0 cm³/mol. The molecule has 1 aromatic rings. The summed E-state index contributed by atoms with van der Waals surface area (Å²) in [5.74, 6) is -0.456. The van der Waals surface area contributed by atoms with Gasteiger partial charge in [-0.15, -0.1) is 0 Å². The van der Waals surface area contributed by atoms with Crippen molar-refractivity contribution < 1.29 is 13.9 Å². The summed E-state index contributed by atoms with van der Waals surface area (Å²) in [6.07, 6.45) is 1.95. The highest BCUT2D eigenvalue weighted by molar-refractivity contribution is 5.96. The molecule has 0 saturated carbocycles. The quantitative estimate of drug-likeness (QED) is 0.898. The van der Waals surface area contributed by atoms with Crippen LogP contribution in [0.4, 0.5) is 10.1 Å². The van der Waals surface area contributed by atoms with Crippen LogP contribution in [0.5, 0.6) is 0 Å². The van der Waals surface area contributed by atoms with Crippen molar-refractivity contribution in [3.05, 3.63) is 30.1 Å². The molecule has 0 aliphatic carbocycles. The summed E-state index contributed by atoms with van der Waals surface area (Å²) in [7, 11) is 0. The van der Waals surface area contributed by atoms with Crippen LogP contribution >= 0.6 is 0 Å². The van der Waals surface area contributed by atoms with Gasteiger partial charge in [0.2, 0.25) is 0 Å². The minimum atomic E-state index is -0.425. The second-order valence-electron chi connectivity index (χ2n) is 5.12. The fourth-order valence-corrected chi connectivity index (χ4v) is 2.42. The van der Waals surface area contributed by atoms with Crippen LogP contribution in [0.15, 0.2) is 24.3 Å². The van der Waals surface area contributed by atoms with Gasteiger partial charge >= 0.3 is 0 Å². The third kappa shape index (κ3) is 3.55. The first-order valence-corrected chi connectivity index (χ1v) is 7.04. The molecule has 0 spiro atoms. The van der Waals surface area contributed by atoms with Gasteiger partial charge in [0.25, 0.3) is 5.91 Å². The number of ether oxygens (including phenoxy) is 1. The lowest BCUT2D eigenvalue weighted by atomic mass is 10.1. The number of amides is 1. The van der Waals surface area contributed by atoms with Gasteiger partial charge in [-0.05, 0) is 50.9 Å². The third-order valence-electron chi connectivity index (χ3n) is 3.48. The lowest BCUT2D eigenvalue weighted by Crippen LogP contribution is -2.40. The normalized spacial score (nSPS) is 21.9. The van der Waals surface area contributed by atoms with E-state index in [1.807, 2.05) is 6.92 Å². The lowest BCUT2D eigenvalue weighted by molar-refractivity contribution is -0.129. The topological polar surface area (TPSA) is 55.6 Å². The van der Waals surface area contributed by atoms with Crippen LogP contribution < -0.4 is 10.6 Å². The van der Waals surface area contributed by atoms with Crippen LogP contribution in [0.25, 0.3) is 0 Å². The van der Waals surface area contributed by atoms with Gasteiger partial charge in [-0.2, -0.15) is 0 Å². The molecule has 5 heteroatoms. The van der Waals surface area contributed by atoms with E-state index in [4.69, 9.17) is 10.5 Å². The molecule has 2 unspecified atom stereocenters. The Balaban J connectivity index is 2.16. The summed E-state index contributed by atoms with van der Waals surface area (Å²) >= 11 is 0. The highest BCUT2D eigenvalue weighted by Gasteiger charge is 2.32. The van der Waals surface area contributed by atoms with Gasteiger partial charge in [-0.25, -0.2) is 4.39 Å². The Hall–Kier alpha value is -1.46. The van der Waals surface area contributed by atoms with Crippen molar-refractivity contribution in [1.82, 2.24) is 0 Å². The van der Waals surface area contributed by atoms with Crippen molar-refractivity contribution in [2.75, 3.05) is 18.0 Å². The smallest absolute Gasteiger partial charge is 0.256 e. The molecule has 1 amide bonds. The highest BCUT2D eigenvalue weighted by atomic mass is 19.1. The molecule has 1 aliphatic rings. The van der Waals surface area contributed by atoms with E-state index in [9.17, 15) is 9.18 Å². The van der Waals surface area contributed by atoms with Crippen LogP contribution in [0, 0.1) is 5.82 Å². The van der Waals surface area contributed by atoms with Crippen LogP contribution in [0.1, 0.15) is 26.2 Å². The fourth-order valence-electron chi connectivity index (χ4n) is 2.42. The van der Waals surface area contributed by atoms with E-state index < -0.39 is 6.10 Å². The number of halogens is 1. The van der Waals surface area contributed by atoms with Gasteiger partial charge < -0.3 is 15.4 Å². The molecule has 2 rings (SSSR count). The largest absolute Gasteiger partial charge is 0.365 e. The molecule has 110 valence electrons. The maximum atomic E-state index is 13.4. The Morgan fingerprint density at radius 3 is 2.90 bits per heavy atom. The van der Waals surface area contributed by atoms with E-state index in [1.54, 1.807) is 17.0 Å². The van der Waals surface area contributed by atoms with Crippen molar-refractivity contribution in [1.29, 1.82) is 0 Å². The number of carbonyl (C=O) groups excluding carboxylic acids is 1. The number of nitrogens with two attached hydrogens (primary N) is 1. The number of carbonyl (C=O) groups is 1. The first-order valence-electron chi connectivity index (χ1n) is 7.04. The number of rotatable bonds is 5. The lowest BCUT2D eigenvalue weighted by Gasteiger charge is -2.25. The highest BCUT2D eigenvalue weighted by Crippen LogP contribution is 2.24. The molecule has 1 aromatic carbocycles. The molecule has 20 heavy (non-hydrogen) atoms. The summed E-state index contributed by atoms with van der Waals surface area (Å²) in [6.45, 7) is 2.92. The zero-order chi connectivity index (χ0) is 14.5. The van der Waals surface area contributed by atoms with Crippen molar-refractivity contribution in [2.45, 2.75) is 38.4 Å². The minimum Gasteiger partial charge on any atom is -0.365 e. The van der Waals surface area contributed by atoms with Gasteiger partial charge in [-0.1, -0.05) is 6.07 Å². The second kappa shape index (κ2) is 6.81. The van der Waals surface area contributed by atoms with Crippen molar-refractivity contribution in [3.8, 4) is 0 Å². The van der Waals surface area contributed by atoms with E-state index in [2.05, 4.69) is 0 Å². The summed E-state index contributed by atoms with van der Waals surface area (Å²) in [5, 5.41) is 0. The summed E-state index contributed by atoms with van der Waals surface area (Å²) in [6, 6.07) is 6.07. The summed E-state index contributed by atoms with van der Waals surface area (Å²) < 4.78 is 19.0. The standard InChI is InChI=1S/C15H21FN2O2/c1-11-6-7-14(20-11)15(19)18(9-3-8-17)13-5-2-4-12(16)10-13/h2,4-5,10-11,14H,3,6-9,17H2,1H3. The van der Waals surface area contributed by atoms with E-state index in [-0.39, 0.29) is 17.8 Å². The number of hydrogen-bond acceptors (Lipinski definition) is 3. The molecule has 4 nitrogen and oxygen atoms in total. The number of anilines is 1. The molecule has 0 bridgehead atoms. The predicted octanol–water partition coefficient (Wildman–Crippen LogP) is 2.07. The monoisotopic (exact) mass is 280 g/mol. The molecule has 1 heterocycles. The molecule has 0 aromatic heterocycles. The van der Waals surface area contributed by atoms with Crippen molar-refractivity contribution >= 4 is 11.6 Å². The maximum absolute atomic E-state index is 13.4. The molecule has 1 saturated heterocycles. The number of hydrogen-bond donors (Lipinski definition) is 1. The van der Waals surface area contributed by atoms with Crippen LogP contribution in [0.2, 0.25) is 0 Å². The van der Waals surface area contributed by atoms with Crippen LogP contribution in [-0.2, 0) is 9.53 Å². The molecular formula is C15H21FN2O2. The van der Waals surface area contributed by atoms with E-state index in [1.165, 1.54) is 12.1 Å². The molecule has 0 radical (unpaired) electrons. The number of benzene rings is 1. The van der Waals surface area contributed by atoms with E-state index in [0.29, 0.717) is 31.6 Å². The second-order valence-corrected chi connectivity index (χ2v) is 5.12. The average molecular weight is 280 g/mol. The summed E-state index contributed by atoms with van der Waals surface area (Å²) in [5.41, 5.74) is 6.08. The van der Waals surface area contributed by atoms with Gasteiger partial charge in [0.05, 0.1) is 6.10 Å². The number of nitrogens with zero attached hydrogens (tertiary/aromatic N) is 1.